The zero-order valence-corrected chi connectivity index (χ0v) is 22.3. The number of carbonyl (C=O) groups excluding carboxylic acids is 2. The van der Waals surface area contributed by atoms with Crippen molar-refractivity contribution in [2.45, 2.75) is 65.6 Å². The lowest BCUT2D eigenvalue weighted by Gasteiger charge is -2.33. The molecule has 1 N–H and O–H groups in total. The molecule has 0 spiro atoms. The highest BCUT2D eigenvalue weighted by Crippen LogP contribution is 2.23. The Morgan fingerprint density at radius 2 is 1.51 bits per heavy atom. The minimum atomic E-state index is -3.80. The third kappa shape index (κ3) is 8.35. The Morgan fingerprint density at radius 3 is 1.97 bits per heavy atom. The smallest absolute Gasteiger partial charge is 0.244 e. The summed E-state index contributed by atoms with van der Waals surface area (Å²) < 4.78 is 39.7. The number of hydrogen-bond donors (Lipinski definition) is 1. The average Bonchev–Trinajstić information content (AvgIpc) is 2.74. The summed E-state index contributed by atoms with van der Waals surface area (Å²) in [7, 11) is -3.80. The van der Waals surface area contributed by atoms with E-state index in [2.05, 4.69) is 5.32 Å². The zero-order valence-electron chi connectivity index (χ0n) is 21.5. The van der Waals surface area contributed by atoms with Crippen LogP contribution in [0.4, 0.5) is 10.1 Å². The van der Waals surface area contributed by atoms with Crippen LogP contribution in [-0.2, 0) is 26.2 Å². The lowest BCUT2D eigenvalue weighted by Crippen LogP contribution is -2.54. The monoisotopic (exact) mass is 505 g/mol. The predicted octanol–water partition coefficient (Wildman–Crippen LogP) is 4.05. The third-order valence-corrected chi connectivity index (χ3v) is 6.60. The van der Waals surface area contributed by atoms with E-state index < -0.39 is 39.9 Å². The first kappa shape index (κ1) is 28.3. The fraction of sp³-hybridized carbons (Fsp3) is 0.462. The molecule has 1 atom stereocenters. The van der Waals surface area contributed by atoms with E-state index >= 15 is 0 Å². The minimum absolute atomic E-state index is 0.0156. The summed E-state index contributed by atoms with van der Waals surface area (Å²) in [4.78, 5) is 27.7. The third-order valence-electron chi connectivity index (χ3n) is 5.46. The largest absolute Gasteiger partial charge is 0.350 e. The maximum absolute atomic E-state index is 13.5. The molecule has 0 saturated carbocycles. The molecule has 2 amide bonds. The lowest BCUT2D eigenvalue weighted by molar-refractivity contribution is -0.140. The first-order valence-corrected chi connectivity index (χ1v) is 13.4. The molecule has 9 heteroatoms. The molecular formula is C26H36FN3O4S. The van der Waals surface area contributed by atoms with Gasteiger partial charge in [-0.2, -0.15) is 0 Å². The Hall–Kier alpha value is -2.94. The molecule has 0 fully saturated rings. The molecule has 2 aromatic rings. The van der Waals surface area contributed by atoms with Crippen molar-refractivity contribution < 1.29 is 22.4 Å². The van der Waals surface area contributed by atoms with Crippen LogP contribution in [-0.4, -0.2) is 49.5 Å². The number of rotatable bonds is 9. The maximum Gasteiger partial charge on any atom is 0.244 e. The van der Waals surface area contributed by atoms with Gasteiger partial charge in [-0.15, -0.1) is 0 Å². The number of hydrogen-bond acceptors (Lipinski definition) is 4. The van der Waals surface area contributed by atoms with Crippen LogP contribution in [0.5, 0.6) is 0 Å². The van der Waals surface area contributed by atoms with Crippen molar-refractivity contribution in [2.24, 2.45) is 0 Å². The minimum Gasteiger partial charge on any atom is -0.350 e. The van der Waals surface area contributed by atoms with Crippen molar-refractivity contribution in [1.29, 1.82) is 0 Å². The fourth-order valence-electron chi connectivity index (χ4n) is 3.48. The van der Waals surface area contributed by atoms with E-state index in [4.69, 9.17) is 0 Å². The highest BCUT2D eigenvalue weighted by Gasteiger charge is 2.31. The summed E-state index contributed by atoms with van der Waals surface area (Å²) in [6.45, 7) is 10.7. The molecule has 2 aromatic carbocycles. The summed E-state index contributed by atoms with van der Waals surface area (Å²) in [5, 5.41) is 2.86. The van der Waals surface area contributed by atoms with E-state index in [-0.39, 0.29) is 18.4 Å². The quantitative estimate of drug-likeness (QED) is 0.557. The summed E-state index contributed by atoms with van der Waals surface area (Å²) in [6.07, 6.45) is 1.04. The molecule has 1 unspecified atom stereocenters. The van der Waals surface area contributed by atoms with Gasteiger partial charge in [0.1, 0.15) is 18.4 Å². The van der Waals surface area contributed by atoms with Gasteiger partial charge >= 0.3 is 0 Å². The second-order valence-electron chi connectivity index (χ2n) is 10.1. The van der Waals surface area contributed by atoms with Gasteiger partial charge in [-0.3, -0.25) is 13.9 Å². The number of nitrogens with zero attached hydrogens (tertiary/aromatic N) is 2. The van der Waals surface area contributed by atoms with Crippen LogP contribution < -0.4 is 9.62 Å². The Kier molecular flexibility index (Phi) is 9.06. The van der Waals surface area contributed by atoms with Gasteiger partial charge in [-0.1, -0.05) is 38.1 Å². The molecule has 0 aliphatic heterocycles. The molecule has 35 heavy (non-hydrogen) atoms. The standard InChI is InChI=1S/C26H36FN3O4S/c1-18(2)21-10-14-23(15-11-21)30(35(7,33)34)17-24(31)29(16-20-8-12-22(27)13-9-20)19(3)25(32)28-26(4,5)6/h8-15,18-19H,16-17H2,1-7H3,(H,28,32). The topological polar surface area (TPSA) is 86.8 Å². The molecule has 0 aromatic heterocycles. The Balaban J connectivity index is 2.39. The Bertz CT molecular complexity index is 1120. The van der Waals surface area contributed by atoms with Crippen LogP contribution in [0.15, 0.2) is 48.5 Å². The highest BCUT2D eigenvalue weighted by molar-refractivity contribution is 7.92. The number of halogens is 1. The Morgan fingerprint density at radius 1 is 0.971 bits per heavy atom. The van der Waals surface area contributed by atoms with Crippen LogP contribution in [0.1, 0.15) is 58.6 Å². The van der Waals surface area contributed by atoms with Gasteiger partial charge in [0.2, 0.25) is 21.8 Å². The number of sulfonamides is 1. The average molecular weight is 506 g/mol. The van der Waals surface area contributed by atoms with Crippen LogP contribution in [0.2, 0.25) is 0 Å². The van der Waals surface area contributed by atoms with Gasteiger partial charge in [-0.05, 0) is 69.0 Å². The van der Waals surface area contributed by atoms with Crippen molar-refractivity contribution in [3.63, 3.8) is 0 Å². The fourth-order valence-corrected chi connectivity index (χ4v) is 4.33. The molecule has 0 radical (unpaired) electrons. The normalized spacial score (nSPS) is 12.8. The van der Waals surface area contributed by atoms with E-state index in [1.165, 1.54) is 29.2 Å². The van der Waals surface area contributed by atoms with E-state index in [1.54, 1.807) is 19.1 Å². The van der Waals surface area contributed by atoms with Crippen LogP contribution in [0.25, 0.3) is 0 Å². The molecule has 0 heterocycles. The highest BCUT2D eigenvalue weighted by atomic mass is 32.2. The van der Waals surface area contributed by atoms with E-state index in [1.807, 2.05) is 46.8 Å². The molecule has 2 rings (SSSR count). The first-order valence-electron chi connectivity index (χ1n) is 11.5. The van der Waals surface area contributed by atoms with E-state index in [9.17, 15) is 22.4 Å². The van der Waals surface area contributed by atoms with Crippen LogP contribution in [0, 0.1) is 5.82 Å². The van der Waals surface area contributed by atoms with Gasteiger partial charge in [0.05, 0.1) is 11.9 Å². The number of benzene rings is 2. The predicted molar refractivity (Wildman–Crippen MR) is 137 cm³/mol. The van der Waals surface area contributed by atoms with E-state index in [0.29, 0.717) is 11.3 Å². The number of anilines is 1. The van der Waals surface area contributed by atoms with Gasteiger partial charge in [0.15, 0.2) is 0 Å². The van der Waals surface area contributed by atoms with Crippen molar-refractivity contribution in [1.82, 2.24) is 10.2 Å². The molecule has 0 aliphatic rings. The first-order chi connectivity index (χ1) is 16.1. The van der Waals surface area contributed by atoms with Gasteiger partial charge in [0, 0.05) is 12.1 Å². The van der Waals surface area contributed by atoms with E-state index in [0.717, 1.165) is 16.1 Å². The number of carbonyl (C=O) groups is 2. The SMILES string of the molecule is CC(C)c1ccc(N(CC(=O)N(Cc2ccc(F)cc2)C(C)C(=O)NC(C)(C)C)S(C)(=O)=O)cc1. The Labute approximate surface area is 208 Å². The summed E-state index contributed by atoms with van der Waals surface area (Å²) in [6, 6.07) is 11.7. The van der Waals surface area contributed by atoms with Gasteiger partial charge < -0.3 is 10.2 Å². The van der Waals surface area contributed by atoms with Crippen LogP contribution in [0.3, 0.4) is 0 Å². The molecular weight excluding hydrogens is 469 g/mol. The van der Waals surface area contributed by atoms with Gasteiger partial charge in [-0.25, -0.2) is 12.8 Å². The molecule has 192 valence electrons. The number of amides is 2. The van der Waals surface area contributed by atoms with Gasteiger partial charge in [0.25, 0.3) is 0 Å². The summed E-state index contributed by atoms with van der Waals surface area (Å²) >= 11 is 0. The molecule has 0 aliphatic carbocycles. The molecule has 0 bridgehead atoms. The second-order valence-corrected chi connectivity index (χ2v) is 12.0. The number of nitrogens with one attached hydrogen (secondary N) is 1. The maximum atomic E-state index is 13.5. The molecule has 7 nitrogen and oxygen atoms in total. The van der Waals surface area contributed by atoms with Crippen molar-refractivity contribution in [3.05, 3.63) is 65.5 Å². The summed E-state index contributed by atoms with van der Waals surface area (Å²) in [5.41, 5.74) is 1.49. The lowest BCUT2D eigenvalue weighted by atomic mass is 10.0. The van der Waals surface area contributed by atoms with Crippen molar-refractivity contribution in [2.75, 3.05) is 17.1 Å². The van der Waals surface area contributed by atoms with Crippen LogP contribution >= 0.6 is 0 Å². The zero-order chi connectivity index (χ0) is 26.6. The molecule has 0 saturated heterocycles. The van der Waals surface area contributed by atoms with Crippen molar-refractivity contribution >= 4 is 27.5 Å². The summed E-state index contributed by atoms with van der Waals surface area (Å²) in [5.74, 6) is -1.08. The van der Waals surface area contributed by atoms with Crippen molar-refractivity contribution in [3.8, 4) is 0 Å². The second kappa shape index (κ2) is 11.2.